The van der Waals surface area contributed by atoms with Crippen molar-refractivity contribution in [2.24, 2.45) is 10.8 Å². The van der Waals surface area contributed by atoms with Gasteiger partial charge in [-0.3, -0.25) is 9.42 Å². The van der Waals surface area contributed by atoms with Crippen LogP contribution in [0.2, 0.25) is 0 Å². The van der Waals surface area contributed by atoms with Crippen LogP contribution in [-0.2, 0) is 9.09 Å². The highest BCUT2D eigenvalue weighted by Gasteiger charge is 2.47. The molecule has 0 radical (unpaired) electrons. The van der Waals surface area contributed by atoms with Gasteiger partial charge in [-0.05, 0) is 47.4 Å². The molecule has 0 amide bonds. The lowest BCUT2D eigenvalue weighted by molar-refractivity contribution is -0.00994. The Morgan fingerprint density at radius 3 is 2.27 bits per heavy atom. The highest BCUT2D eigenvalue weighted by atomic mass is 31.2. The van der Waals surface area contributed by atoms with Crippen LogP contribution in [0, 0.1) is 17.8 Å². The summed E-state index contributed by atoms with van der Waals surface area (Å²) in [5.74, 6) is 0.325. The molecule has 2 atom stereocenters. The fourth-order valence-electron chi connectivity index (χ4n) is 2.97. The van der Waals surface area contributed by atoms with Crippen LogP contribution in [0.1, 0.15) is 53.5 Å². The molecule has 0 aliphatic heterocycles. The fourth-order valence-corrected chi connectivity index (χ4v) is 4.21. The number of rotatable bonds is 4. The zero-order valence-electron chi connectivity index (χ0n) is 16.9. The van der Waals surface area contributed by atoms with E-state index in [2.05, 4.69) is 26.8 Å². The van der Waals surface area contributed by atoms with Crippen molar-refractivity contribution >= 4 is 7.82 Å². The summed E-state index contributed by atoms with van der Waals surface area (Å²) < 4.78 is 23.9. The van der Waals surface area contributed by atoms with E-state index in [1.54, 1.807) is 18.2 Å². The summed E-state index contributed by atoms with van der Waals surface area (Å²) in [6.07, 6.45) is 6.52. The van der Waals surface area contributed by atoms with E-state index in [4.69, 9.17) is 9.05 Å². The summed E-state index contributed by atoms with van der Waals surface area (Å²) >= 11 is 0. The van der Waals surface area contributed by atoms with Crippen molar-refractivity contribution in [1.29, 1.82) is 0 Å². The van der Waals surface area contributed by atoms with Crippen molar-refractivity contribution in [1.82, 2.24) is 0 Å². The summed E-state index contributed by atoms with van der Waals surface area (Å²) in [7, 11) is -4.31. The van der Waals surface area contributed by atoms with Crippen LogP contribution in [-0.4, -0.2) is 10.5 Å². The highest BCUT2D eigenvalue weighted by Crippen LogP contribution is 2.55. The van der Waals surface area contributed by atoms with Gasteiger partial charge in [-0.15, -0.1) is 0 Å². The molecule has 0 fully saturated rings. The van der Waals surface area contributed by atoms with E-state index in [0.717, 1.165) is 5.56 Å². The molecule has 2 rings (SSSR count). The molecule has 2 unspecified atom stereocenters. The lowest BCUT2D eigenvalue weighted by atomic mass is 9.70. The van der Waals surface area contributed by atoms with Crippen molar-refractivity contribution in [2.45, 2.75) is 60.5 Å². The van der Waals surface area contributed by atoms with Gasteiger partial charge < -0.3 is 4.52 Å². The first-order chi connectivity index (χ1) is 11.7. The maximum Gasteiger partial charge on any atom is 0.528 e. The van der Waals surface area contributed by atoms with Crippen LogP contribution in [0.15, 0.2) is 48.1 Å². The zero-order valence-corrected chi connectivity index (χ0v) is 17.8. The van der Waals surface area contributed by atoms with E-state index in [9.17, 15) is 9.46 Å². The summed E-state index contributed by atoms with van der Waals surface area (Å²) in [5, 5.41) is 0. The molecule has 144 valence electrons. The minimum absolute atomic E-state index is 0.0154. The maximum atomic E-state index is 12.7. The molecule has 0 heterocycles. The van der Waals surface area contributed by atoms with Gasteiger partial charge in [0, 0.05) is 0 Å². The summed E-state index contributed by atoms with van der Waals surface area (Å²) in [6.45, 7) is 14.3. The van der Waals surface area contributed by atoms with Crippen molar-refractivity contribution in [2.75, 3.05) is 0 Å². The SMILES string of the molecule is Cc1cccc(OP(=O)(O)OC2(C(C)(C)C)C=CC(C(C)(C)C)=CC2)c1. The van der Waals surface area contributed by atoms with Gasteiger partial charge >= 0.3 is 7.82 Å². The normalized spacial score (nSPS) is 23.3. The molecule has 1 aliphatic rings. The molecule has 1 N–H and O–H groups in total. The number of hydrogen-bond acceptors (Lipinski definition) is 3. The second kappa shape index (κ2) is 6.99. The van der Waals surface area contributed by atoms with E-state index in [1.165, 1.54) is 5.57 Å². The molecule has 0 saturated heterocycles. The topological polar surface area (TPSA) is 55.8 Å². The minimum Gasteiger partial charge on any atom is -0.404 e. The van der Waals surface area contributed by atoms with Crippen LogP contribution in [0.4, 0.5) is 0 Å². The Kier molecular flexibility index (Phi) is 5.64. The first-order valence-corrected chi connectivity index (χ1v) is 10.4. The summed E-state index contributed by atoms with van der Waals surface area (Å²) in [6, 6.07) is 7.04. The number of aryl methyl sites for hydroxylation is 1. The Morgan fingerprint density at radius 2 is 1.81 bits per heavy atom. The Morgan fingerprint density at radius 1 is 1.15 bits per heavy atom. The Bertz CT molecular complexity index is 765. The quantitative estimate of drug-likeness (QED) is 0.633. The largest absolute Gasteiger partial charge is 0.528 e. The summed E-state index contributed by atoms with van der Waals surface area (Å²) in [5.41, 5.74) is 0.839. The third-order valence-electron chi connectivity index (χ3n) is 4.78. The van der Waals surface area contributed by atoms with E-state index in [1.807, 2.05) is 45.9 Å². The molecule has 4 nitrogen and oxygen atoms in total. The van der Waals surface area contributed by atoms with Crippen molar-refractivity contribution in [3.8, 4) is 5.75 Å². The van der Waals surface area contributed by atoms with Crippen molar-refractivity contribution in [3.05, 3.63) is 53.6 Å². The van der Waals surface area contributed by atoms with Crippen LogP contribution in [0.25, 0.3) is 0 Å². The number of allylic oxidation sites excluding steroid dienone is 2. The average Bonchev–Trinajstić information content (AvgIpc) is 2.44. The molecular formula is C21H31O4P. The zero-order chi connectivity index (χ0) is 19.8. The van der Waals surface area contributed by atoms with E-state index in [-0.39, 0.29) is 5.41 Å². The van der Waals surface area contributed by atoms with Gasteiger partial charge in [0.05, 0.1) is 0 Å². The second-order valence-electron chi connectivity index (χ2n) is 9.05. The first-order valence-electron chi connectivity index (χ1n) is 8.94. The van der Waals surface area contributed by atoms with E-state index < -0.39 is 18.8 Å². The minimum atomic E-state index is -4.31. The Hall–Kier alpha value is -1.35. The lowest BCUT2D eigenvalue weighted by Gasteiger charge is -2.44. The first kappa shape index (κ1) is 21.0. The van der Waals surface area contributed by atoms with Gasteiger partial charge in [0.25, 0.3) is 0 Å². The van der Waals surface area contributed by atoms with Crippen LogP contribution in [0.3, 0.4) is 0 Å². The molecule has 5 heteroatoms. The predicted molar refractivity (Wildman–Crippen MR) is 106 cm³/mol. The average molecular weight is 378 g/mol. The van der Waals surface area contributed by atoms with Crippen molar-refractivity contribution in [3.63, 3.8) is 0 Å². The monoisotopic (exact) mass is 378 g/mol. The highest BCUT2D eigenvalue weighted by molar-refractivity contribution is 7.47. The Labute approximate surface area is 157 Å². The Balaban J connectivity index is 2.28. The smallest absolute Gasteiger partial charge is 0.404 e. The third kappa shape index (κ3) is 4.88. The number of phosphoric acid groups is 1. The van der Waals surface area contributed by atoms with Crippen LogP contribution >= 0.6 is 7.82 Å². The maximum absolute atomic E-state index is 12.7. The number of hydrogen-bond donors (Lipinski definition) is 1. The third-order valence-corrected chi connectivity index (χ3v) is 5.78. The molecule has 1 aromatic rings. The van der Waals surface area contributed by atoms with E-state index in [0.29, 0.717) is 12.2 Å². The fraction of sp³-hybridized carbons (Fsp3) is 0.524. The van der Waals surface area contributed by atoms with Gasteiger partial charge in [-0.25, -0.2) is 4.57 Å². The van der Waals surface area contributed by atoms with Crippen LogP contribution < -0.4 is 4.52 Å². The number of phosphoric ester groups is 1. The molecule has 0 saturated carbocycles. The van der Waals surface area contributed by atoms with E-state index >= 15 is 0 Å². The predicted octanol–water partition coefficient (Wildman–Crippen LogP) is 6.21. The molecule has 0 bridgehead atoms. The van der Waals surface area contributed by atoms with Gasteiger partial charge in [-0.1, -0.05) is 71.9 Å². The second-order valence-corrected chi connectivity index (χ2v) is 10.4. The lowest BCUT2D eigenvalue weighted by Crippen LogP contribution is -2.44. The molecule has 1 aromatic carbocycles. The standard InChI is InChI=1S/C21H31O4P/c1-16-9-8-10-18(15-16)24-26(22,23)25-21(20(5,6)7)13-11-17(12-14-21)19(2,3)4/h8-13,15H,14H2,1-7H3,(H,22,23). The van der Waals surface area contributed by atoms with Gasteiger partial charge in [0.15, 0.2) is 0 Å². The molecule has 0 aromatic heterocycles. The molecular weight excluding hydrogens is 347 g/mol. The summed E-state index contributed by atoms with van der Waals surface area (Å²) in [4.78, 5) is 10.4. The molecule has 0 spiro atoms. The number of benzene rings is 1. The van der Waals surface area contributed by atoms with Gasteiger partial charge in [-0.2, -0.15) is 0 Å². The van der Waals surface area contributed by atoms with Gasteiger partial charge in [0.1, 0.15) is 11.4 Å². The molecule has 26 heavy (non-hydrogen) atoms. The van der Waals surface area contributed by atoms with Crippen LogP contribution in [0.5, 0.6) is 5.75 Å². The van der Waals surface area contributed by atoms with Gasteiger partial charge in [0.2, 0.25) is 0 Å². The molecule has 1 aliphatic carbocycles. The van der Waals surface area contributed by atoms with Crippen molar-refractivity contribution < 1.29 is 18.5 Å².